The zero-order valence-electron chi connectivity index (χ0n) is 11.3. The third-order valence-corrected chi connectivity index (χ3v) is 3.57. The molecule has 1 fully saturated rings. The van der Waals surface area contributed by atoms with Crippen LogP contribution in [0.4, 0.5) is 0 Å². The Balaban J connectivity index is 1.75. The topological polar surface area (TPSA) is 63.9 Å². The molecule has 1 aliphatic heterocycles. The van der Waals surface area contributed by atoms with Crippen molar-refractivity contribution >= 4 is 5.91 Å². The van der Waals surface area contributed by atoms with Gasteiger partial charge in [0.2, 0.25) is 0 Å². The molecule has 3 heterocycles. The van der Waals surface area contributed by atoms with Gasteiger partial charge in [-0.25, -0.2) is 4.98 Å². The second-order valence-corrected chi connectivity index (χ2v) is 4.98. The Morgan fingerprint density at radius 1 is 1.00 bits per heavy atom. The molecule has 0 bridgehead atoms. The summed E-state index contributed by atoms with van der Waals surface area (Å²) in [6.45, 7) is 1.71. The van der Waals surface area contributed by atoms with Crippen molar-refractivity contribution in [3.63, 3.8) is 0 Å². The van der Waals surface area contributed by atoms with Gasteiger partial charge in [0.1, 0.15) is 18.5 Å². The first kappa shape index (κ1) is 12.8. The first-order valence-corrected chi connectivity index (χ1v) is 6.95. The summed E-state index contributed by atoms with van der Waals surface area (Å²) in [7, 11) is 0. The number of rotatable bonds is 2. The van der Waals surface area contributed by atoms with E-state index in [1.807, 2.05) is 17.0 Å². The molecule has 0 radical (unpaired) electrons. The first-order chi connectivity index (χ1) is 9.84. The molecule has 1 aliphatic rings. The van der Waals surface area contributed by atoms with Gasteiger partial charge < -0.3 is 4.90 Å². The summed E-state index contributed by atoms with van der Waals surface area (Å²) in [6.07, 6.45) is 9.42. The van der Waals surface area contributed by atoms with E-state index in [1.165, 1.54) is 12.8 Å². The number of pyridine rings is 1. The van der Waals surface area contributed by atoms with Crippen molar-refractivity contribution in [2.75, 3.05) is 13.1 Å². The Hall–Kier alpha value is -2.24. The van der Waals surface area contributed by atoms with E-state index >= 15 is 0 Å². The van der Waals surface area contributed by atoms with Gasteiger partial charge in [-0.15, -0.1) is 10.2 Å². The summed E-state index contributed by atoms with van der Waals surface area (Å²) in [5, 5.41) is 7.48. The maximum absolute atomic E-state index is 12.4. The molecule has 1 saturated heterocycles. The molecule has 0 unspecified atom stereocenters. The minimum atomic E-state index is 0.0784. The van der Waals surface area contributed by atoms with E-state index in [2.05, 4.69) is 15.2 Å². The fourth-order valence-electron chi connectivity index (χ4n) is 2.44. The predicted octanol–water partition coefficient (Wildman–Crippen LogP) is 1.68. The molecule has 2 aromatic rings. The Labute approximate surface area is 117 Å². The molecule has 0 N–H and O–H groups in total. The van der Waals surface area contributed by atoms with Crippen LogP contribution in [0, 0.1) is 0 Å². The molecule has 20 heavy (non-hydrogen) atoms. The molecule has 6 heteroatoms. The standard InChI is InChI=1S/C14H17N5O/c20-14(18-7-3-1-2-4-8-18)12-5-6-13(15-9-12)19-10-16-17-11-19/h5-6,9-11H,1-4,7-8H2. The van der Waals surface area contributed by atoms with Crippen LogP contribution in [0.1, 0.15) is 36.0 Å². The Bertz CT molecular complexity index is 556. The van der Waals surface area contributed by atoms with Crippen LogP contribution in [0.3, 0.4) is 0 Å². The summed E-state index contributed by atoms with van der Waals surface area (Å²) in [6, 6.07) is 3.63. The number of nitrogens with zero attached hydrogens (tertiary/aromatic N) is 5. The summed E-state index contributed by atoms with van der Waals surface area (Å²) in [4.78, 5) is 18.6. The van der Waals surface area contributed by atoms with Crippen LogP contribution in [-0.4, -0.2) is 43.6 Å². The fourth-order valence-corrected chi connectivity index (χ4v) is 2.44. The van der Waals surface area contributed by atoms with Gasteiger partial charge in [-0.05, 0) is 25.0 Å². The van der Waals surface area contributed by atoms with Crippen LogP contribution in [0.25, 0.3) is 5.82 Å². The highest BCUT2D eigenvalue weighted by molar-refractivity contribution is 5.94. The molecule has 0 aliphatic carbocycles. The highest BCUT2D eigenvalue weighted by atomic mass is 16.2. The van der Waals surface area contributed by atoms with Crippen LogP contribution in [0.2, 0.25) is 0 Å². The van der Waals surface area contributed by atoms with E-state index in [0.717, 1.165) is 25.9 Å². The van der Waals surface area contributed by atoms with Crippen molar-refractivity contribution in [3.05, 3.63) is 36.5 Å². The molecule has 0 saturated carbocycles. The van der Waals surface area contributed by atoms with Crippen LogP contribution in [-0.2, 0) is 0 Å². The smallest absolute Gasteiger partial charge is 0.255 e. The van der Waals surface area contributed by atoms with Gasteiger partial charge in [-0.2, -0.15) is 0 Å². The second kappa shape index (κ2) is 5.81. The molecule has 104 valence electrons. The molecule has 2 aromatic heterocycles. The third-order valence-electron chi connectivity index (χ3n) is 3.57. The number of carbonyl (C=O) groups is 1. The number of carbonyl (C=O) groups excluding carboxylic acids is 1. The molecular formula is C14H17N5O. The average Bonchev–Trinajstić information content (AvgIpc) is 2.89. The van der Waals surface area contributed by atoms with E-state index in [4.69, 9.17) is 0 Å². The third kappa shape index (κ3) is 2.68. The highest BCUT2D eigenvalue weighted by Crippen LogP contribution is 2.13. The van der Waals surface area contributed by atoms with Gasteiger partial charge in [0.15, 0.2) is 0 Å². The molecule has 1 amide bonds. The van der Waals surface area contributed by atoms with Crippen molar-refractivity contribution in [2.24, 2.45) is 0 Å². The maximum Gasteiger partial charge on any atom is 0.255 e. The van der Waals surface area contributed by atoms with Crippen LogP contribution in [0.5, 0.6) is 0 Å². The predicted molar refractivity (Wildman–Crippen MR) is 73.5 cm³/mol. The van der Waals surface area contributed by atoms with Crippen LogP contribution < -0.4 is 0 Å². The largest absolute Gasteiger partial charge is 0.339 e. The second-order valence-electron chi connectivity index (χ2n) is 4.98. The molecule has 0 aromatic carbocycles. The fraction of sp³-hybridized carbons (Fsp3) is 0.429. The Kier molecular flexibility index (Phi) is 3.71. The zero-order chi connectivity index (χ0) is 13.8. The molecule has 0 spiro atoms. The van der Waals surface area contributed by atoms with Crippen molar-refractivity contribution in [3.8, 4) is 5.82 Å². The normalized spacial score (nSPS) is 15.9. The Morgan fingerprint density at radius 3 is 2.30 bits per heavy atom. The lowest BCUT2D eigenvalue weighted by molar-refractivity contribution is 0.0761. The van der Waals surface area contributed by atoms with Gasteiger partial charge >= 0.3 is 0 Å². The molecule has 6 nitrogen and oxygen atoms in total. The number of likely N-dealkylation sites (tertiary alicyclic amines) is 1. The summed E-state index contributed by atoms with van der Waals surface area (Å²) in [5.74, 6) is 0.789. The van der Waals surface area contributed by atoms with Crippen molar-refractivity contribution < 1.29 is 4.79 Å². The monoisotopic (exact) mass is 271 g/mol. The van der Waals surface area contributed by atoms with Crippen LogP contribution >= 0.6 is 0 Å². The summed E-state index contributed by atoms with van der Waals surface area (Å²) in [5.41, 5.74) is 0.642. The van der Waals surface area contributed by atoms with Gasteiger partial charge in [-0.3, -0.25) is 9.36 Å². The average molecular weight is 271 g/mol. The first-order valence-electron chi connectivity index (χ1n) is 6.95. The number of hydrogen-bond donors (Lipinski definition) is 0. The minimum Gasteiger partial charge on any atom is -0.339 e. The van der Waals surface area contributed by atoms with Crippen molar-refractivity contribution in [2.45, 2.75) is 25.7 Å². The molecule has 0 atom stereocenters. The van der Waals surface area contributed by atoms with E-state index in [0.29, 0.717) is 11.4 Å². The SMILES string of the molecule is O=C(c1ccc(-n2cnnc2)nc1)N1CCCCCC1. The van der Waals surface area contributed by atoms with Gasteiger partial charge in [0.25, 0.3) is 5.91 Å². The minimum absolute atomic E-state index is 0.0784. The zero-order valence-corrected chi connectivity index (χ0v) is 11.3. The van der Waals surface area contributed by atoms with E-state index < -0.39 is 0 Å². The molecular weight excluding hydrogens is 254 g/mol. The van der Waals surface area contributed by atoms with Gasteiger partial charge in [0.05, 0.1) is 5.56 Å². The maximum atomic E-state index is 12.4. The van der Waals surface area contributed by atoms with Gasteiger partial charge in [0, 0.05) is 19.3 Å². The number of aromatic nitrogens is 4. The van der Waals surface area contributed by atoms with Crippen LogP contribution in [0.15, 0.2) is 31.0 Å². The van der Waals surface area contributed by atoms with E-state index in [9.17, 15) is 4.79 Å². The van der Waals surface area contributed by atoms with Crippen molar-refractivity contribution in [1.29, 1.82) is 0 Å². The quantitative estimate of drug-likeness (QED) is 0.833. The Morgan fingerprint density at radius 2 is 1.70 bits per heavy atom. The lowest BCUT2D eigenvalue weighted by Gasteiger charge is -2.20. The lowest BCUT2D eigenvalue weighted by Crippen LogP contribution is -2.31. The lowest BCUT2D eigenvalue weighted by atomic mass is 10.2. The van der Waals surface area contributed by atoms with Crippen molar-refractivity contribution in [1.82, 2.24) is 24.6 Å². The van der Waals surface area contributed by atoms with E-state index in [-0.39, 0.29) is 5.91 Å². The summed E-state index contributed by atoms with van der Waals surface area (Å²) >= 11 is 0. The number of hydrogen-bond acceptors (Lipinski definition) is 4. The number of amides is 1. The van der Waals surface area contributed by atoms with E-state index in [1.54, 1.807) is 23.4 Å². The van der Waals surface area contributed by atoms with Gasteiger partial charge in [-0.1, -0.05) is 12.8 Å². The highest BCUT2D eigenvalue weighted by Gasteiger charge is 2.17. The molecule has 3 rings (SSSR count). The summed E-state index contributed by atoms with van der Waals surface area (Å²) < 4.78 is 1.71.